The fourth-order valence-corrected chi connectivity index (χ4v) is 4.66. The lowest BCUT2D eigenvalue weighted by atomic mass is 10.1. The first-order valence-corrected chi connectivity index (χ1v) is 12.2. The van der Waals surface area contributed by atoms with Crippen LogP contribution in [0.4, 0.5) is 5.69 Å². The Morgan fingerprint density at radius 3 is 2.40 bits per heavy atom. The summed E-state index contributed by atoms with van der Waals surface area (Å²) in [5.41, 5.74) is 1.06. The van der Waals surface area contributed by atoms with E-state index in [1.807, 2.05) is 31.2 Å². The van der Waals surface area contributed by atoms with Crippen LogP contribution in [0.5, 0.6) is 0 Å². The fraction of sp³-hybridized carbons (Fsp3) is 0.150. The van der Waals surface area contributed by atoms with E-state index in [1.165, 1.54) is 17.7 Å². The molecule has 0 radical (unpaired) electrons. The van der Waals surface area contributed by atoms with Gasteiger partial charge in [0.25, 0.3) is 5.56 Å². The van der Waals surface area contributed by atoms with Crippen LogP contribution in [0.3, 0.4) is 0 Å². The van der Waals surface area contributed by atoms with E-state index in [4.69, 9.17) is 0 Å². The summed E-state index contributed by atoms with van der Waals surface area (Å²) in [6.45, 7) is 2.05. The molecule has 1 amide bonds. The van der Waals surface area contributed by atoms with Gasteiger partial charge >= 0.3 is 0 Å². The number of thioether (sulfide) groups is 1. The molecule has 0 atom stereocenters. The molecule has 0 aliphatic carbocycles. The molecule has 2 N–H and O–H groups in total. The molecule has 0 spiro atoms. The van der Waals surface area contributed by atoms with Crippen molar-refractivity contribution in [2.24, 2.45) is 0 Å². The number of rotatable bonds is 7. The number of amides is 1. The summed E-state index contributed by atoms with van der Waals surface area (Å²) in [5.74, 6) is -0.254. The van der Waals surface area contributed by atoms with E-state index in [1.54, 1.807) is 12.1 Å². The number of hydrogen-bond acceptors (Lipinski definition) is 6. The van der Waals surface area contributed by atoms with E-state index in [0.717, 1.165) is 28.9 Å². The van der Waals surface area contributed by atoms with Gasteiger partial charge in [-0.3, -0.25) is 9.59 Å². The second kappa shape index (κ2) is 9.59. The van der Waals surface area contributed by atoms with Crippen molar-refractivity contribution in [1.29, 1.82) is 0 Å². The van der Waals surface area contributed by atoms with E-state index >= 15 is 0 Å². The van der Waals surface area contributed by atoms with Crippen molar-refractivity contribution in [1.82, 2.24) is 9.97 Å². The average molecular weight is 508 g/mol. The molecule has 0 saturated heterocycles. The number of H-pyrrole nitrogens is 1. The third kappa shape index (κ3) is 5.38. The predicted octanol–water partition coefficient (Wildman–Crippen LogP) is 3.66. The van der Waals surface area contributed by atoms with Gasteiger partial charge in [0.05, 0.1) is 16.8 Å². The molecule has 0 aliphatic heterocycles. The van der Waals surface area contributed by atoms with Crippen LogP contribution in [0.25, 0.3) is 0 Å². The van der Waals surface area contributed by atoms with Gasteiger partial charge in [0, 0.05) is 10.2 Å². The molecular weight excluding hydrogens is 490 g/mol. The van der Waals surface area contributed by atoms with Crippen LogP contribution >= 0.6 is 27.7 Å². The lowest BCUT2D eigenvalue weighted by molar-refractivity contribution is -0.113. The first-order valence-electron chi connectivity index (χ1n) is 8.91. The smallest absolute Gasteiger partial charge is 0.270 e. The molecule has 0 saturated carbocycles. The Bertz CT molecular complexity index is 1210. The van der Waals surface area contributed by atoms with Crippen molar-refractivity contribution in [3.8, 4) is 0 Å². The number of aryl methyl sites for hydroxylation is 1. The Morgan fingerprint density at radius 2 is 1.80 bits per heavy atom. The number of carbonyl (C=O) groups excluding carboxylic acids is 1. The van der Waals surface area contributed by atoms with Crippen LogP contribution in [-0.2, 0) is 21.1 Å². The maximum atomic E-state index is 12.6. The Labute approximate surface area is 186 Å². The number of sulfone groups is 1. The third-order valence-electron chi connectivity index (χ3n) is 4.14. The summed E-state index contributed by atoms with van der Waals surface area (Å²) >= 11 is 4.24. The van der Waals surface area contributed by atoms with Crippen LogP contribution < -0.4 is 10.9 Å². The standard InChI is InChI=1S/C20H18BrN3O4S2/c1-2-13-3-7-15(8-4-13)23-18(25)12-29-20-22-11-17(19(26)24-20)30(27,28)16-9-5-14(21)6-10-16/h3-11H,2,12H2,1H3,(H,23,25)(H,22,24,26). The zero-order chi connectivity index (χ0) is 21.7. The molecule has 3 rings (SSSR count). The Hall–Kier alpha value is -2.43. The normalized spacial score (nSPS) is 11.3. The lowest BCUT2D eigenvalue weighted by Gasteiger charge is -2.07. The van der Waals surface area contributed by atoms with Crippen molar-refractivity contribution in [3.05, 3.63) is 75.1 Å². The fourth-order valence-electron chi connectivity index (χ4n) is 2.53. The number of aromatic nitrogens is 2. The molecule has 2 aromatic carbocycles. The van der Waals surface area contributed by atoms with Gasteiger partial charge in [0.15, 0.2) is 10.1 Å². The minimum Gasteiger partial charge on any atom is -0.325 e. The second-order valence-electron chi connectivity index (χ2n) is 6.23. The molecule has 7 nitrogen and oxygen atoms in total. The van der Waals surface area contributed by atoms with Gasteiger partial charge in [-0.2, -0.15) is 0 Å². The Balaban J connectivity index is 1.67. The van der Waals surface area contributed by atoms with Crippen molar-refractivity contribution in [2.75, 3.05) is 11.1 Å². The van der Waals surface area contributed by atoms with Crippen LogP contribution in [0.2, 0.25) is 0 Å². The molecule has 30 heavy (non-hydrogen) atoms. The minimum atomic E-state index is -4.00. The molecule has 0 unspecified atom stereocenters. The van der Waals surface area contributed by atoms with Crippen molar-refractivity contribution < 1.29 is 13.2 Å². The molecular formula is C20H18BrN3O4S2. The average Bonchev–Trinajstić information content (AvgIpc) is 2.73. The molecule has 0 aliphatic rings. The number of anilines is 1. The molecule has 1 aromatic heterocycles. The maximum Gasteiger partial charge on any atom is 0.270 e. The van der Waals surface area contributed by atoms with Crippen LogP contribution in [0, 0.1) is 0 Å². The van der Waals surface area contributed by atoms with Gasteiger partial charge in [-0.15, -0.1) is 0 Å². The zero-order valence-corrected chi connectivity index (χ0v) is 19.1. The van der Waals surface area contributed by atoms with E-state index in [9.17, 15) is 18.0 Å². The van der Waals surface area contributed by atoms with E-state index < -0.39 is 20.3 Å². The highest BCUT2D eigenvalue weighted by Crippen LogP contribution is 2.21. The van der Waals surface area contributed by atoms with E-state index in [2.05, 4.69) is 31.2 Å². The van der Waals surface area contributed by atoms with Crippen LogP contribution in [-0.4, -0.2) is 30.0 Å². The van der Waals surface area contributed by atoms with Gasteiger partial charge in [0.1, 0.15) is 0 Å². The number of carbonyl (C=O) groups is 1. The summed E-state index contributed by atoms with van der Waals surface area (Å²) in [7, 11) is -4.00. The zero-order valence-electron chi connectivity index (χ0n) is 15.9. The number of nitrogens with one attached hydrogen (secondary N) is 2. The number of aromatic amines is 1. The number of benzene rings is 2. The molecule has 0 fully saturated rings. The number of halogens is 1. The molecule has 156 valence electrons. The minimum absolute atomic E-state index is 0.00753. The van der Waals surface area contributed by atoms with E-state index in [0.29, 0.717) is 5.69 Å². The first kappa shape index (κ1) is 22.3. The predicted molar refractivity (Wildman–Crippen MR) is 120 cm³/mol. The SMILES string of the molecule is CCc1ccc(NC(=O)CSc2ncc(S(=O)(=O)c3ccc(Br)cc3)c(=O)[nH]2)cc1. The second-order valence-corrected chi connectivity index (χ2v) is 10.0. The molecule has 0 bridgehead atoms. The van der Waals surface area contributed by atoms with Gasteiger partial charge in [-0.05, 0) is 48.4 Å². The third-order valence-corrected chi connectivity index (χ3v) is 7.32. The summed E-state index contributed by atoms with van der Waals surface area (Å²) in [6, 6.07) is 13.5. The van der Waals surface area contributed by atoms with Crippen LogP contribution in [0.1, 0.15) is 12.5 Å². The van der Waals surface area contributed by atoms with Gasteiger partial charge in [-0.25, -0.2) is 13.4 Å². The van der Waals surface area contributed by atoms with Gasteiger partial charge in [0.2, 0.25) is 15.7 Å². The summed E-state index contributed by atoms with van der Waals surface area (Å²) in [5, 5.41) is 2.92. The molecule has 3 aromatic rings. The Kier molecular flexibility index (Phi) is 7.11. The highest BCUT2D eigenvalue weighted by Gasteiger charge is 2.22. The van der Waals surface area contributed by atoms with Crippen molar-refractivity contribution in [2.45, 2.75) is 28.3 Å². The topological polar surface area (TPSA) is 109 Å². The molecule has 1 heterocycles. The highest BCUT2D eigenvalue weighted by molar-refractivity contribution is 9.10. The van der Waals surface area contributed by atoms with Gasteiger partial charge < -0.3 is 10.3 Å². The Morgan fingerprint density at radius 1 is 1.13 bits per heavy atom. The lowest BCUT2D eigenvalue weighted by Crippen LogP contribution is -2.20. The summed E-state index contributed by atoms with van der Waals surface area (Å²) in [4.78, 5) is 30.4. The van der Waals surface area contributed by atoms with Crippen molar-refractivity contribution in [3.63, 3.8) is 0 Å². The summed E-state index contributed by atoms with van der Waals surface area (Å²) < 4.78 is 26.0. The molecule has 10 heteroatoms. The monoisotopic (exact) mass is 507 g/mol. The number of hydrogen-bond donors (Lipinski definition) is 2. The van der Waals surface area contributed by atoms with Gasteiger partial charge in [-0.1, -0.05) is 46.7 Å². The first-order chi connectivity index (χ1) is 14.3. The van der Waals surface area contributed by atoms with E-state index in [-0.39, 0.29) is 21.7 Å². The summed E-state index contributed by atoms with van der Waals surface area (Å²) in [6.07, 6.45) is 1.93. The van der Waals surface area contributed by atoms with Crippen molar-refractivity contribution >= 4 is 49.1 Å². The highest BCUT2D eigenvalue weighted by atomic mass is 79.9. The quantitative estimate of drug-likeness (QED) is 0.373. The maximum absolute atomic E-state index is 12.6. The largest absolute Gasteiger partial charge is 0.325 e. The number of nitrogens with zero attached hydrogens (tertiary/aromatic N) is 1. The van der Waals surface area contributed by atoms with Crippen LogP contribution in [0.15, 0.2) is 78.9 Å².